The van der Waals surface area contributed by atoms with Crippen LogP contribution in [0.3, 0.4) is 0 Å². The van der Waals surface area contributed by atoms with Crippen LogP contribution in [0.4, 0.5) is 0 Å². The van der Waals surface area contributed by atoms with Gasteiger partial charge in [-0.2, -0.15) is 0 Å². The molecule has 0 aliphatic heterocycles. The minimum atomic E-state index is -5.03. The standard InChI is InChI=1S/C26H56N2O6S2.2Na/c1-3-5-7-9-11-13-15-17-19-21-23-27-25(35(29,30)31)26(36(32,33)34)28-24-22-20-18-16-14-12-10-8-6-4-2;;/h25-28H,3-24H2,1-2H3,(H,29,30,31)(H,32,33,34);;/q;2*+1/p-2. The van der Waals surface area contributed by atoms with E-state index < -0.39 is 31.0 Å². The van der Waals surface area contributed by atoms with Gasteiger partial charge in [0, 0.05) is 0 Å². The number of nitrogens with one attached hydrogen (secondary N) is 2. The van der Waals surface area contributed by atoms with E-state index >= 15 is 0 Å². The Morgan fingerprint density at radius 3 is 0.868 bits per heavy atom. The molecule has 0 radical (unpaired) electrons. The summed E-state index contributed by atoms with van der Waals surface area (Å²) in [7, 11) is -10.1. The summed E-state index contributed by atoms with van der Waals surface area (Å²) >= 11 is 0. The normalized spacial score (nSPS) is 13.5. The van der Waals surface area contributed by atoms with Crippen LogP contribution in [0.15, 0.2) is 0 Å². The second kappa shape index (κ2) is 28.8. The molecule has 0 saturated carbocycles. The van der Waals surface area contributed by atoms with Crippen molar-refractivity contribution in [3.05, 3.63) is 0 Å². The molecule has 0 aromatic rings. The van der Waals surface area contributed by atoms with E-state index in [2.05, 4.69) is 24.5 Å². The molecular formula is C26H54N2Na2O6S2. The average molecular weight is 601 g/mol. The van der Waals surface area contributed by atoms with E-state index in [9.17, 15) is 25.9 Å². The molecule has 0 bridgehead atoms. The largest absolute Gasteiger partial charge is 1.00 e. The molecule has 0 aliphatic carbocycles. The molecule has 38 heavy (non-hydrogen) atoms. The first-order chi connectivity index (χ1) is 17.1. The van der Waals surface area contributed by atoms with Gasteiger partial charge in [0.15, 0.2) is 0 Å². The molecule has 0 aliphatic rings. The zero-order valence-corrected chi connectivity index (χ0v) is 30.6. The second-order valence-electron chi connectivity index (χ2n) is 10.1. The summed E-state index contributed by atoms with van der Waals surface area (Å²) in [5, 5.41) is 1.11. The molecule has 0 heterocycles. The minimum Gasteiger partial charge on any atom is -0.747 e. The van der Waals surface area contributed by atoms with Crippen molar-refractivity contribution in [3.8, 4) is 0 Å². The van der Waals surface area contributed by atoms with Gasteiger partial charge in [0.05, 0.1) is 0 Å². The van der Waals surface area contributed by atoms with Crippen LogP contribution in [0, 0.1) is 0 Å². The molecule has 0 aromatic carbocycles. The molecule has 2 atom stereocenters. The summed E-state index contributed by atoms with van der Waals surface area (Å²) in [6, 6.07) is 0. The molecule has 8 nitrogen and oxygen atoms in total. The number of hydrogen-bond acceptors (Lipinski definition) is 8. The van der Waals surface area contributed by atoms with Crippen molar-refractivity contribution in [2.45, 2.75) is 153 Å². The van der Waals surface area contributed by atoms with Gasteiger partial charge >= 0.3 is 59.1 Å². The topological polar surface area (TPSA) is 138 Å². The van der Waals surface area contributed by atoms with Crippen LogP contribution in [0.1, 0.15) is 142 Å². The van der Waals surface area contributed by atoms with Crippen molar-refractivity contribution >= 4 is 20.2 Å². The zero-order valence-electron chi connectivity index (χ0n) is 25.0. The van der Waals surface area contributed by atoms with Crippen LogP contribution < -0.4 is 69.7 Å². The molecular weight excluding hydrogens is 546 g/mol. The molecule has 0 aromatic heterocycles. The van der Waals surface area contributed by atoms with Crippen LogP contribution in [0.2, 0.25) is 0 Å². The molecule has 0 saturated heterocycles. The Labute approximate surface area is 279 Å². The van der Waals surface area contributed by atoms with Crippen LogP contribution in [-0.2, 0) is 20.2 Å². The van der Waals surface area contributed by atoms with Gasteiger partial charge in [-0.25, -0.2) is 16.8 Å². The van der Waals surface area contributed by atoms with Crippen LogP contribution in [0.5, 0.6) is 0 Å². The second-order valence-corrected chi connectivity index (χ2v) is 13.1. The predicted octanol–water partition coefficient (Wildman–Crippen LogP) is -0.242. The van der Waals surface area contributed by atoms with E-state index in [1.54, 1.807) is 0 Å². The molecule has 2 unspecified atom stereocenters. The van der Waals surface area contributed by atoms with Gasteiger partial charge in [-0.05, 0) is 25.9 Å². The predicted molar refractivity (Wildman–Crippen MR) is 147 cm³/mol. The van der Waals surface area contributed by atoms with Crippen molar-refractivity contribution in [2.75, 3.05) is 13.1 Å². The third-order valence-corrected chi connectivity index (χ3v) is 8.94. The van der Waals surface area contributed by atoms with Gasteiger partial charge in [-0.1, -0.05) is 129 Å². The van der Waals surface area contributed by atoms with E-state index in [0.717, 1.165) is 38.5 Å². The fourth-order valence-electron chi connectivity index (χ4n) is 4.43. The summed E-state index contributed by atoms with van der Waals surface area (Å²) in [4.78, 5) is 0. The minimum absolute atomic E-state index is 0. The maximum atomic E-state index is 11.8. The Kier molecular flexibility index (Phi) is 33.5. The van der Waals surface area contributed by atoms with Crippen molar-refractivity contribution < 1.29 is 85.1 Å². The smallest absolute Gasteiger partial charge is 0.747 e. The summed E-state index contributed by atoms with van der Waals surface area (Å²) in [6.45, 7) is 4.74. The van der Waals surface area contributed by atoms with Crippen molar-refractivity contribution in [2.24, 2.45) is 0 Å². The van der Waals surface area contributed by atoms with E-state index in [4.69, 9.17) is 0 Å². The maximum absolute atomic E-state index is 11.8. The fraction of sp³-hybridized carbons (Fsp3) is 1.00. The summed E-state index contributed by atoms with van der Waals surface area (Å²) < 4.78 is 70.6. The van der Waals surface area contributed by atoms with E-state index in [1.165, 1.54) is 77.0 Å². The van der Waals surface area contributed by atoms with Gasteiger partial charge < -0.3 is 9.11 Å². The first kappa shape index (κ1) is 44.2. The Morgan fingerprint density at radius 2 is 0.658 bits per heavy atom. The van der Waals surface area contributed by atoms with Crippen molar-refractivity contribution in [3.63, 3.8) is 0 Å². The number of hydrogen-bond donors (Lipinski definition) is 2. The van der Waals surface area contributed by atoms with Gasteiger partial charge in [0.1, 0.15) is 31.0 Å². The Hall–Kier alpha value is 1.74. The molecule has 0 rings (SSSR count). The van der Waals surface area contributed by atoms with E-state index in [-0.39, 0.29) is 72.2 Å². The zero-order chi connectivity index (χ0) is 27.1. The Morgan fingerprint density at radius 1 is 0.447 bits per heavy atom. The fourth-order valence-corrected chi connectivity index (χ4v) is 6.69. The third-order valence-electron chi connectivity index (χ3n) is 6.65. The van der Waals surface area contributed by atoms with Gasteiger partial charge in [0.2, 0.25) is 0 Å². The van der Waals surface area contributed by atoms with Gasteiger partial charge in [-0.15, -0.1) is 0 Å². The van der Waals surface area contributed by atoms with Gasteiger partial charge in [-0.3, -0.25) is 10.6 Å². The summed E-state index contributed by atoms with van der Waals surface area (Å²) in [5.41, 5.74) is 0. The van der Waals surface area contributed by atoms with Gasteiger partial charge in [0.25, 0.3) is 0 Å². The first-order valence-corrected chi connectivity index (χ1v) is 17.4. The van der Waals surface area contributed by atoms with Crippen molar-refractivity contribution in [1.29, 1.82) is 0 Å². The molecule has 0 spiro atoms. The Bertz CT molecular complexity index is 653. The summed E-state index contributed by atoms with van der Waals surface area (Å²) in [5.74, 6) is 0. The molecule has 0 amide bonds. The third kappa shape index (κ3) is 26.6. The monoisotopic (exact) mass is 600 g/mol. The molecule has 2 N–H and O–H groups in total. The van der Waals surface area contributed by atoms with Crippen LogP contribution in [0.25, 0.3) is 0 Å². The van der Waals surface area contributed by atoms with E-state index in [0.29, 0.717) is 12.8 Å². The average Bonchev–Trinajstić information content (AvgIpc) is 2.80. The molecule has 218 valence electrons. The Balaban J connectivity index is -0.00000612. The molecule has 0 fully saturated rings. The number of rotatable bonds is 27. The first-order valence-electron chi connectivity index (χ1n) is 14.5. The maximum Gasteiger partial charge on any atom is 1.00 e. The summed E-state index contributed by atoms with van der Waals surface area (Å²) in [6.07, 6.45) is 22.1. The van der Waals surface area contributed by atoms with Crippen molar-refractivity contribution in [1.82, 2.24) is 10.6 Å². The van der Waals surface area contributed by atoms with E-state index in [1.807, 2.05) is 0 Å². The van der Waals surface area contributed by atoms with Crippen LogP contribution in [-0.4, -0.2) is 49.8 Å². The SMILES string of the molecule is CCCCCCCCCCCCNC(C(NCCCCCCCCCCCC)S(=O)(=O)[O-])S(=O)(=O)[O-].[Na+].[Na+]. The number of unbranched alkanes of at least 4 members (excludes halogenated alkanes) is 18. The van der Waals surface area contributed by atoms with Crippen LogP contribution >= 0.6 is 0 Å². The quantitative estimate of drug-likeness (QED) is 0.0749. The molecule has 12 heteroatoms.